The number of hydrogen-bond donors (Lipinski definition) is 0. The topological polar surface area (TPSA) is 48.0 Å². The molecule has 0 bridgehead atoms. The molecule has 1 spiro atoms. The second kappa shape index (κ2) is 10.5. The summed E-state index contributed by atoms with van der Waals surface area (Å²) in [5, 5.41) is 0. The largest absolute Gasteiger partial charge is 0.494 e. The van der Waals surface area contributed by atoms with Crippen molar-refractivity contribution in [2.75, 3.05) is 33.4 Å². The fourth-order valence-electron chi connectivity index (χ4n) is 4.84. The van der Waals surface area contributed by atoms with E-state index in [1.807, 2.05) is 23.1 Å². The summed E-state index contributed by atoms with van der Waals surface area (Å²) in [6.07, 6.45) is 4.74. The van der Waals surface area contributed by atoms with Gasteiger partial charge in [0.1, 0.15) is 0 Å². The molecule has 1 amide bonds. The summed E-state index contributed by atoms with van der Waals surface area (Å²) in [6.45, 7) is 3.43. The molecule has 1 atom stereocenters. The molecule has 0 saturated carbocycles. The van der Waals surface area contributed by atoms with E-state index in [0.29, 0.717) is 31.2 Å². The number of piperidine rings is 1. The summed E-state index contributed by atoms with van der Waals surface area (Å²) in [4.78, 5) is 14.6. The molecule has 32 heavy (non-hydrogen) atoms. The first-order valence-electron chi connectivity index (χ1n) is 11.5. The number of nitrogens with zero attached hydrogens (tertiary/aromatic N) is 1. The van der Waals surface area contributed by atoms with Crippen molar-refractivity contribution < 1.29 is 23.4 Å². The average Bonchev–Trinajstić information content (AvgIpc) is 2.83. The van der Waals surface area contributed by atoms with Crippen LogP contribution in [0.5, 0.6) is 5.75 Å². The number of carbonyl (C=O) groups excluding carboxylic acids is 1. The second-order valence-corrected chi connectivity index (χ2v) is 8.86. The number of hydrogen-bond acceptors (Lipinski definition) is 4. The Morgan fingerprint density at radius 2 is 1.97 bits per heavy atom. The predicted octanol–water partition coefficient (Wildman–Crippen LogP) is 4.84. The monoisotopic (exact) mass is 441 g/mol. The Bertz CT molecular complexity index is 896. The van der Waals surface area contributed by atoms with E-state index in [0.717, 1.165) is 45.3 Å². The molecule has 6 heteroatoms. The smallest absolute Gasteiger partial charge is 0.253 e. The number of amides is 1. The van der Waals surface area contributed by atoms with Crippen LogP contribution < -0.4 is 4.74 Å². The first kappa shape index (κ1) is 22.7. The van der Waals surface area contributed by atoms with Gasteiger partial charge in [0.2, 0.25) is 0 Å². The highest BCUT2D eigenvalue weighted by Gasteiger charge is 2.41. The molecular formula is C26H32FNO4. The third-order valence-corrected chi connectivity index (χ3v) is 6.74. The van der Waals surface area contributed by atoms with E-state index >= 15 is 0 Å². The van der Waals surface area contributed by atoms with Gasteiger partial charge in [-0.15, -0.1) is 0 Å². The number of carbonyl (C=O) groups is 1. The third kappa shape index (κ3) is 5.48. The number of ether oxygens (including phenoxy) is 3. The van der Waals surface area contributed by atoms with E-state index in [4.69, 9.17) is 14.2 Å². The lowest BCUT2D eigenvalue weighted by molar-refractivity contribution is -0.126. The Balaban J connectivity index is 1.25. The van der Waals surface area contributed by atoms with Crippen molar-refractivity contribution in [3.05, 3.63) is 65.5 Å². The quantitative estimate of drug-likeness (QED) is 0.577. The Morgan fingerprint density at radius 1 is 1.19 bits per heavy atom. The summed E-state index contributed by atoms with van der Waals surface area (Å²) >= 11 is 0. The highest BCUT2D eigenvalue weighted by molar-refractivity contribution is 5.94. The van der Waals surface area contributed by atoms with Gasteiger partial charge in [0.15, 0.2) is 11.6 Å². The van der Waals surface area contributed by atoms with Crippen molar-refractivity contribution in [3.8, 4) is 5.75 Å². The highest BCUT2D eigenvalue weighted by Crippen LogP contribution is 2.39. The van der Waals surface area contributed by atoms with E-state index in [-0.39, 0.29) is 17.3 Å². The van der Waals surface area contributed by atoms with Gasteiger partial charge in [-0.3, -0.25) is 4.79 Å². The van der Waals surface area contributed by atoms with Gasteiger partial charge < -0.3 is 19.1 Å². The minimum Gasteiger partial charge on any atom is -0.494 e. The molecule has 2 aliphatic rings. The van der Waals surface area contributed by atoms with Crippen LogP contribution in [0.15, 0.2) is 48.5 Å². The molecule has 4 rings (SSSR count). The highest BCUT2D eigenvalue weighted by atomic mass is 19.1. The molecule has 2 aromatic rings. The number of rotatable bonds is 7. The van der Waals surface area contributed by atoms with Crippen LogP contribution in [0.1, 0.15) is 48.0 Å². The lowest BCUT2D eigenvalue weighted by Crippen LogP contribution is -2.50. The fourth-order valence-corrected chi connectivity index (χ4v) is 4.84. The maximum Gasteiger partial charge on any atom is 0.253 e. The summed E-state index contributed by atoms with van der Waals surface area (Å²) in [5.41, 5.74) is 1.41. The van der Waals surface area contributed by atoms with Gasteiger partial charge in [-0.25, -0.2) is 4.39 Å². The normalized spacial score (nSPS) is 20.3. The van der Waals surface area contributed by atoms with Crippen molar-refractivity contribution in [1.29, 1.82) is 0 Å². The van der Waals surface area contributed by atoms with Gasteiger partial charge in [0, 0.05) is 31.9 Å². The summed E-state index contributed by atoms with van der Waals surface area (Å²) in [6, 6.07) is 14.6. The van der Waals surface area contributed by atoms with Crippen LogP contribution in [0.25, 0.3) is 0 Å². The molecule has 2 aliphatic heterocycles. The first-order valence-corrected chi connectivity index (χ1v) is 11.5. The summed E-state index contributed by atoms with van der Waals surface area (Å²) in [7, 11) is 1.41. The molecule has 2 saturated heterocycles. The third-order valence-electron chi connectivity index (χ3n) is 6.74. The number of benzene rings is 2. The molecule has 1 unspecified atom stereocenters. The van der Waals surface area contributed by atoms with Crippen LogP contribution in [0.3, 0.4) is 0 Å². The maximum absolute atomic E-state index is 14.0. The molecule has 0 aromatic heterocycles. The van der Waals surface area contributed by atoms with Gasteiger partial charge >= 0.3 is 0 Å². The number of methoxy groups -OCH3 is 1. The van der Waals surface area contributed by atoms with Gasteiger partial charge in [-0.05, 0) is 61.8 Å². The average molecular weight is 442 g/mol. The standard InChI is InChI=1S/C26H32FNO4/c1-30-24-8-7-22(17-23(24)27)25(29)28-13-11-26(12-14-28)18-20(10-16-32-26)9-15-31-19-21-5-3-2-4-6-21/h2-8,17,20H,9-16,18-19H2,1H3. The van der Waals surface area contributed by atoms with E-state index in [1.54, 1.807) is 6.07 Å². The van der Waals surface area contributed by atoms with Crippen LogP contribution in [0.2, 0.25) is 0 Å². The van der Waals surface area contributed by atoms with Gasteiger partial charge in [0.05, 0.1) is 19.3 Å². The minimum absolute atomic E-state index is 0.136. The lowest BCUT2D eigenvalue weighted by Gasteiger charge is -2.46. The maximum atomic E-state index is 14.0. The minimum atomic E-state index is -0.514. The van der Waals surface area contributed by atoms with Gasteiger partial charge in [0.25, 0.3) is 5.91 Å². The van der Waals surface area contributed by atoms with Crippen LogP contribution in [-0.4, -0.2) is 49.8 Å². The SMILES string of the molecule is COc1ccc(C(=O)N2CCC3(CC2)CC(CCOCc2ccccc2)CCO3)cc1F. The molecule has 0 radical (unpaired) electrons. The van der Waals surface area contributed by atoms with E-state index in [2.05, 4.69) is 12.1 Å². The van der Waals surface area contributed by atoms with Gasteiger partial charge in [-0.1, -0.05) is 30.3 Å². The Morgan fingerprint density at radius 3 is 2.69 bits per heavy atom. The summed E-state index contributed by atoms with van der Waals surface area (Å²) in [5.74, 6) is 0.0776. The van der Waals surface area contributed by atoms with Crippen molar-refractivity contribution in [1.82, 2.24) is 4.90 Å². The molecular weight excluding hydrogens is 409 g/mol. The Labute approximate surface area is 189 Å². The predicted molar refractivity (Wildman–Crippen MR) is 120 cm³/mol. The van der Waals surface area contributed by atoms with E-state index in [9.17, 15) is 9.18 Å². The van der Waals surface area contributed by atoms with Gasteiger partial charge in [-0.2, -0.15) is 0 Å². The Kier molecular flexibility index (Phi) is 7.43. The molecule has 0 N–H and O–H groups in total. The molecule has 172 valence electrons. The van der Waals surface area contributed by atoms with Crippen molar-refractivity contribution >= 4 is 5.91 Å². The Hall–Kier alpha value is -2.44. The number of likely N-dealkylation sites (tertiary alicyclic amines) is 1. The zero-order valence-corrected chi connectivity index (χ0v) is 18.7. The van der Waals surface area contributed by atoms with Crippen LogP contribution >= 0.6 is 0 Å². The number of halogens is 1. The van der Waals surface area contributed by atoms with E-state index < -0.39 is 5.82 Å². The zero-order valence-electron chi connectivity index (χ0n) is 18.7. The van der Waals surface area contributed by atoms with Crippen molar-refractivity contribution in [2.24, 2.45) is 5.92 Å². The van der Waals surface area contributed by atoms with Crippen molar-refractivity contribution in [2.45, 2.75) is 44.3 Å². The summed E-state index contributed by atoms with van der Waals surface area (Å²) < 4.78 is 31.1. The fraction of sp³-hybridized carbons (Fsp3) is 0.500. The first-order chi connectivity index (χ1) is 15.6. The zero-order chi connectivity index (χ0) is 22.4. The second-order valence-electron chi connectivity index (χ2n) is 8.86. The lowest BCUT2D eigenvalue weighted by atomic mass is 9.78. The molecule has 2 fully saturated rings. The van der Waals surface area contributed by atoms with Crippen LogP contribution in [0.4, 0.5) is 4.39 Å². The van der Waals surface area contributed by atoms with Crippen LogP contribution in [0, 0.1) is 11.7 Å². The molecule has 2 aromatic carbocycles. The van der Waals surface area contributed by atoms with Crippen molar-refractivity contribution in [3.63, 3.8) is 0 Å². The molecule has 2 heterocycles. The molecule has 5 nitrogen and oxygen atoms in total. The van der Waals surface area contributed by atoms with E-state index in [1.165, 1.54) is 24.8 Å². The molecule has 0 aliphatic carbocycles. The van der Waals surface area contributed by atoms with Crippen LogP contribution in [-0.2, 0) is 16.1 Å².